The van der Waals surface area contributed by atoms with Crippen molar-refractivity contribution in [2.45, 2.75) is 25.3 Å². The number of hydrogen-bond donors (Lipinski definition) is 1. The van der Waals surface area contributed by atoms with Crippen LogP contribution in [0.25, 0.3) is 10.9 Å². The first-order chi connectivity index (χ1) is 16.0. The molecule has 174 valence electrons. The highest BCUT2D eigenvalue weighted by atomic mass is 35.5. The molecule has 0 unspecified atom stereocenters. The standard InChI is InChI=1S/C26H30Cl2N4O/c1-30-13-15-32(16-14-30)26(33)25-20(19-5-2-3-8-23(19)29-25)17-31-11-9-18(10-12-31)24-21(27)6-4-7-22(24)28/h2-8,18,29H,9-17H2,1H3. The maximum atomic E-state index is 13.5. The van der Waals surface area contributed by atoms with Gasteiger partial charge in [0.05, 0.1) is 0 Å². The predicted octanol–water partition coefficient (Wildman–Crippen LogP) is 5.24. The van der Waals surface area contributed by atoms with Gasteiger partial charge in [0.25, 0.3) is 5.91 Å². The van der Waals surface area contributed by atoms with Gasteiger partial charge in [0.1, 0.15) is 5.69 Å². The number of amides is 1. The van der Waals surface area contributed by atoms with Crippen LogP contribution in [0.3, 0.4) is 0 Å². The smallest absolute Gasteiger partial charge is 0.270 e. The van der Waals surface area contributed by atoms with Gasteiger partial charge in [-0.1, -0.05) is 47.5 Å². The average molecular weight is 485 g/mol. The summed E-state index contributed by atoms with van der Waals surface area (Å²) in [4.78, 5) is 23.6. The van der Waals surface area contributed by atoms with Crippen molar-refractivity contribution in [2.24, 2.45) is 0 Å². The summed E-state index contributed by atoms with van der Waals surface area (Å²) in [6.45, 7) is 6.05. The van der Waals surface area contributed by atoms with Crippen molar-refractivity contribution in [2.75, 3.05) is 46.3 Å². The summed E-state index contributed by atoms with van der Waals surface area (Å²) in [5.74, 6) is 0.490. The summed E-state index contributed by atoms with van der Waals surface area (Å²) in [5.41, 5.74) is 3.97. The Morgan fingerprint density at radius 3 is 2.30 bits per heavy atom. The van der Waals surface area contributed by atoms with Crippen LogP contribution in [0.15, 0.2) is 42.5 Å². The molecular formula is C26H30Cl2N4O. The minimum absolute atomic E-state index is 0.118. The van der Waals surface area contributed by atoms with Crippen LogP contribution >= 0.6 is 23.2 Å². The van der Waals surface area contributed by atoms with E-state index in [9.17, 15) is 4.79 Å². The minimum Gasteiger partial charge on any atom is -0.350 e. The molecule has 0 spiro atoms. The van der Waals surface area contributed by atoms with Gasteiger partial charge < -0.3 is 14.8 Å². The molecule has 33 heavy (non-hydrogen) atoms. The molecule has 2 fully saturated rings. The van der Waals surface area contributed by atoms with Gasteiger partial charge in [0.15, 0.2) is 0 Å². The molecule has 2 saturated heterocycles. The van der Waals surface area contributed by atoms with E-state index in [1.165, 1.54) is 0 Å². The zero-order valence-corrected chi connectivity index (χ0v) is 20.5. The van der Waals surface area contributed by atoms with Gasteiger partial charge in [-0.25, -0.2) is 0 Å². The number of nitrogens with one attached hydrogen (secondary N) is 1. The summed E-state index contributed by atoms with van der Waals surface area (Å²) < 4.78 is 0. The molecule has 0 bridgehead atoms. The maximum Gasteiger partial charge on any atom is 0.270 e. The van der Waals surface area contributed by atoms with Gasteiger partial charge in [0, 0.05) is 59.2 Å². The van der Waals surface area contributed by atoms with E-state index in [1.54, 1.807) is 0 Å². The number of benzene rings is 2. The number of aromatic nitrogens is 1. The highest BCUT2D eigenvalue weighted by Crippen LogP contribution is 2.38. The largest absolute Gasteiger partial charge is 0.350 e. The summed E-state index contributed by atoms with van der Waals surface area (Å²) in [6.07, 6.45) is 2.01. The fraction of sp³-hybridized carbons (Fsp3) is 0.423. The van der Waals surface area contributed by atoms with E-state index < -0.39 is 0 Å². The van der Waals surface area contributed by atoms with Crippen LogP contribution in [-0.4, -0.2) is 71.9 Å². The van der Waals surface area contributed by atoms with Crippen LogP contribution in [0.5, 0.6) is 0 Å². The maximum absolute atomic E-state index is 13.5. The molecule has 0 aliphatic carbocycles. The van der Waals surface area contributed by atoms with Gasteiger partial charge in [-0.15, -0.1) is 0 Å². The number of piperidine rings is 1. The third-order valence-electron chi connectivity index (χ3n) is 7.20. The number of piperazine rings is 1. The molecule has 3 heterocycles. The quantitative estimate of drug-likeness (QED) is 0.550. The van der Waals surface area contributed by atoms with Crippen LogP contribution in [-0.2, 0) is 6.54 Å². The second kappa shape index (κ2) is 9.67. The zero-order chi connectivity index (χ0) is 22.9. The zero-order valence-electron chi connectivity index (χ0n) is 19.0. The fourth-order valence-electron chi connectivity index (χ4n) is 5.22. The predicted molar refractivity (Wildman–Crippen MR) is 135 cm³/mol. The van der Waals surface area contributed by atoms with Crippen molar-refractivity contribution in [1.82, 2.24) is 19.7 Å². The Labute approximate surface area is 205 Å². The van der Waals surface area contributed by atoms with Crippen LogP contribution in [0, 0.1) is 0 Å². The van der Waals surface area contributed by atoms with Gasteiger partial charge in [-0.3, -0.25) is 9.69 Å². The SMILES string of the molecule is CN1CCN(C(=O)c2[nH]c3ccccc3c2CN2CCC(c3c(Cl)cccc3Cl)CC2)CC1. The minimum atomic E-state index is 0.118. The molecule has 2 aliphatic rings. The number of hydrogen-bond acceptors (Lipinski definition) is 3. The molecule has 3 aromatic rings. The van der Waals surface area contributed by atoms with Crippen LogP contribution in [0.1, 0.15) is 40.4 Å². The molecule has 1 amide bonds. The summed E-state index contributed by atoms with van der Waals surface area (Å²) in [6, 6.07) is 14.0. The number of fused-ring (bicyclic) bond motifs is 1. The molecule has 1 N–H and O–H groups in total. The fourth-order valence-corrected chi connectivity index (χ4v) is 5.92. The lowest BCUT2D eigenvalue weighted by molar-refractivity contribution is 0.0656. The lowest BCUT2D eigenvalue weighted by Gasteiger charge is -2.34. The Bertz CT molecular complexity index is 1120. The molecule has 7 heteroatoms. The van der Waals surface area contributed by atoms with Gasteiger partial charge in [-0.05, 0) is 62.7 Å². The van der Waals surface area contributed by atoms with E-state index in [-0.39, 0.29) is 5.91 Å². The molecule has 0 saturated carbocycles. The van der Waals surface area contributed by atoms with E-state index in [2.05, 4.69) is 40.0 Å². The number of para-hydroxylation sites is 1. The van der Waals surface area contributed by atoms with Crippen LogP contribution < -0.4 is 0 Å². The van der Waals surface area contributed by atoms with Crippen LogP contribution in [0.4, 0.5) is 0 Å². The van der Waals surface area contributed by atoms with E-state index >= 15 is 0 Å². The number of halogens is 2. The highest BCUT2D eigenvalue weighted by Gasteiger charge is 2.28. The first kappa shape index (κ1) is 22.7. The van der Waals surface area contributed by atoms with E-state index in [1.807, 2.05) is 29.2 Å². The van der Waals surface area contributed by atoms with Crippen molar-refractivity contribution in [3.8, 4) is 0 Å². The number of rotatable bonds is 4. The second-order valence-electron chi connectivity index (χ2n) is 9.31. The topological polar surface area (TPSA) is 42.6 Å². The first-order valence-corrected chi connectivity index (χ1v) is 12.5. The molecular weight excluding hydrogens is 455 g/mol. The lowest BCUT2D eigenvalue weighted by atomic mass is 9.89. The molecule has 2 aromatic carbocycles. The van der Waals surface area contributed by atoms with E-state index in [0.29, 0.717) is 5.92 Å². The molecule has 0 atom stereocenters. The van der Waals surface area contributed by atoms with Gasteiger partial charge in [0.2, 0.25) is 0 Å². The summed E-state index contributed by atoms with van der Waals surface area (Å²) in [7, 11) is 2.11. The average Bonchev–Trinajstić information content (AvgIpc) is 3.18. The number of carbonyl (C=O) groups excluding carboxylic acids is 1. The molecule has 5 nitrogen and oxygen atoms in total. The number of nitrogens with zero attached hydrogens (tertiary/aromatic N) is 3. The van der Waals surface area contributed by atoms with E-state index in [0.717, 1.165) is 96.4 Å². The number of likely N-dealkylation sites (tertiary alicyclic amines) is 1. The second-order valence-corrected chi connectivity index (χ2v) is 10.1. The monoisotopic (exact) mass is 484 g/mol. The molecule has 0 radical (unpaired) electrons. The number of likely N-dealkylation sites (N-methyl/N-ethyl adjacent to an activating group) is 1. The third kappa shape index (κ3) is 4.65. The Hall–Kier alpha value is -2.05. The number of H-pyrrole nitrogens is 1. The van der Waals surface area contributed by atoms with Crippen LogP contribution in [0.2, 0.25) is 10.0 Å². The molecule has 2 aliphatic heterocycles. The highest BCUT2D eigenvalue weighted by molar-refractivity contribution is 6.36. The van der Waals surface area contributed by atoms with Crippen molar-refractivity contribution in [3.63, 3.8) is 0 Å². The van der Waals surface area contributed by atoms with Crippen molar-refractivity contribution in [3.05, 3.63) is 69.3 Å². The van der Waals surface area contributed by atoms with Gasteiger partial charge in [-0.2, -0.15) is 0 Å². The molecule has 1 aromatic heterocycles. The Balaban J connectivity index is 1.35. The van der Waals surface area contributed by atoms with E-state index in [4.69, 9.17) is 23.2 Å². The number of carbonyl (C=O) groups is 1. The van der Waals surface area contributed by atoms with Crippen molar-refractivity contribution >= 4 is 40.0 Å². The lowest BCUT2D eigenvalue weighted by Crippen LogP contribution is -2.47. The Kier molecular flexibility index (Phi) is 6.66. The Morgan fingerprint density at radius 2 is 1.61 bits per heavy atom. The normalized spacial score (nSPS) is 18.8. The van der Waals surface area contributed by atoms with Crippen molar-refractivity contribution < 1.29 is 4.79 Å². The Morgan fingerprint density at radius 1 is 0.939 bits per heavy atom. The third-order valence-corrected chi connectivity index (χ3v) is 7.85. The van der Waals surface area contributed by atoms with Crippen molar-refractivity contribution in [1.29, 1.82) is 0 Å². The molecule has 5 rings (SSSR count). The summed E-state index contributed by atoms with van der Waals surface area (Å²) in [5, 5.41) is 2.67. The van der Waals surface area contributed by atoms with Gasteiger partial charge >= 0.3 is 0 Å². The number of aromatic amines is 1. The first-order valence-electron chi connectivity index (χ1n) is 11.7. The summed E-state index contributed by atoms with van der Waals surface area (Å²) >= 11 is 12.9.